The van der Waals surface area contributed by atoms with Crippen molar-refractivity contribution in [2.45, 2.75) is 6.54 Å². The maximum Gasteiger partial charge on any atom is 0.0463 e. The summed E-state index contributed by atoms with van der Waals surface area (Å²) in [6, 6.07) is 37.4. The second-order valence-electron chi connectivity index (χ2n) is 6.58. The van der Waals surface area contributed by atoms with E-state index in [0.29, 0.717) is 6.54 Å². The molecule has 0 saturated carbocycles. The van der Waals surface area contributed by atoms with E-state index >= 15 is 0 Å². The van der Waals surface area contributed by atoms with Crippen LogP contribution in [0.2, 0.25) is 0 Å². The number of hydrogen-bond acceptors (Lipinski definition) is 3. The molecule has 3 heteroatoms. The van der Waals surface area contributed by atoms with Crippen LogP contribution in [0.25, 0.3) is 0 Å². The van der Waals surface area contributed by atoms with E-state index < -0.39 is 0 Å². The smallest absolute Gasteiger partial charge is 0.0463 e. The van der Waals surface area contributed by atoms with Crippen molar-refractivity contribution in [1.82, 2.24) is 0 Å². The lowest BCUT2D eigenvalue weighted by molar-refractivity contribution is 1.07. The molecule has 0 bridgehead atoms. The van der Waals surface area contributed by atoms with E-state index in [9.17, 15) is 0 Å². The van der Waals surface area contributed by atoms with E-state index in [4.69, 9.17) is 5.73 Å². The number of benzene rings is 4. The highest BCUT2D eigenvalue weighted by Crippen LogP contribution is 2.35. The molecule has 0 aliphatic rings. The standard InChI is InChI=1S/C25H23N3/c26-19-20-11-15-24(16-12-20)28(23-9-5-2-6-10-23)25-17-13-22(14-18-25)27-21-7-3-1-4-8-21/h1-18,27H,19,26H2. The third kappa shape index (κ3) is 4.05. The third-order valence-electron chi connectivity index (χ3n) is 4.63. The third-order valence-corrected chi connectivity index (χ3v) is 4.63. The van der Waals surface area contributed by atoms with Gasteiger partial charge in [-0.25, -0.2) is 0 Å². The SMILES string of the molecule is NCc1ccc(N(c2ccccc2)c2ccc(Nc3ccccc3)cc2)cc1. The Morgan fingerprint density at radius 2 is 1.00 bits per heavy atom. The van der Waals surface area contributed by atoms with Crippen molar-refractivity contribution in [1.29, 1.82) is 0 Å². The summed E-state index contributed by atoms with van der Waals surface area (Å²) in [5, 5.41) is 3.43. The predicted molar refractivity (Wildman–Crippen MR) is 119 cm³/mol. The minimum Gasteiger partial charge on any atom is -0.356 e. The van der Waals surface area contributed by atoms with Crippen LogP contribution in [0.15, 0.2) is 109 Å². The van der Waals surface area contributed by atoms with Gasteiger partial charge in [-0.2, -0.15) is 0 Å². The number of hydrogen-bond donors (Lipinski definition) is 2. The molecule has 0 spiro atoms. The largest absolute Gasteiger partial charge is 0.356 e. The molecular weight excluding hydrogens is 342 g/mol. The summed E-state index contributed by atoms with van der Waals surface area (Å²) in [6.45, 7) is 0.547. The molecule has 0 aliphatic heterocycles. The molecule has 28 heavy (non-hydrogen) atoms. The van der Waals surface area contributed by atoms with Crippen molar-refractivity contribution >= 4 is 28.4 Å². The summed E-state index contributed by atoms with van der Waals surface area (Å²) in [5.74, 6) is 0. The van der Waals surface area contributed by atoms with Gasteiger partial charge in [-0.1, -0.05) is 48.5 Å². The first-order valence-electron chi connectivity index (χ1n) is 9.40. The maximum atomic E-state index is 5.76. The first-order chi connectivity index (χ1) is 13.8. The summed E-state index contributed by atoms with van der Waals surface area (Å²) in [5.41, 5.74) is 12.3. The van der Waals surface area contributed by atoms with Gasteiger partial charge in [0.15, 0.2) is 0 Å². The minimum atomic E-state index is 0.547. The number of nitrogens with zero attached hydrogens (tertiary/aromatic N) is 1. The zero-order valence-electron chi connectivity index (χ0n) is 15.6. The van der Waals surface area contributed by atoms with Crippen molar-refractivity contribution < 1.29 is 0 Å². The summed E-state index contributed by atoms with van der Waals surface area (Å²) < 4.78 is 0. The molecule has 0 aliphatic carbocycles. The first kappa shape index (κ1) is 17.8. The molecule has 0 saturated heterocycles. The lowest BCUT2D eigenvalue weighted by Crippen LogP contribution is -2.10. The number of nitrogens with one attached hydrogen (secondary N) is 1. The van der Waals surface area contributed by atoms with Crippen molar-refractivity contribution in [3.05, 3.63) is 115 Å². The van der Waals surface area contributed by atoms with Crippen LogP contribution >= 0.6 is 0 Å². The number of nitrogens with two attached hydrogens (primary N) is 1. The number of rotatable bonds is 6. The highest BCUT2D eigenvalue weighted by molar-refractivity contribution is 5.77. The van der Waals surface area contributed by atoms with Crippen molar-refractivity contribution in [3.8, 4) is 0 Å². The van der Waals surface area contributed by atoms with E-state index in [1.165, 1.54) is 0 Å². The van der Waals surface area contributed by atoms with Crippen LogP contribution in [-0.4, -0.2) is 0 Å². The van der Waals surface area contributed by atoms with E-state index in [1.54, 1.807) is 0 Å². The van der Waals surface area contributed by atoms with Gasteiger partial charge in [0, 0.05) is 35.0 Å². The van der Waals surface area contributed by atoms with Gasteiger partial charge in [-0.15, -0.1) is 0 Å². The van der Waals surface area contributed by atoms with Gasteiger partial charge in [-0.05, 0) is 66.2 Å². The monoisotopic (exact) mass is 365 g/mol. The Morgan fingerprint density at radius 3 is 1.57 bits per heavy atom. The molecular formula is C25H23N3. The topological polar surface area (TPSA) is 41.3 Å². The van der Waals surface area contributed by atoms with Crippen LogP contribution in [0.1, 0.15) is 5.56 Å². The highest BCUT2D eigenvalue weighted by atomic mass is 15.1. The Hall–Kier alpha value is -3.56. The van der Waals surface area contributed by atoms with Gasteiger partial charge >= 0.3 is 0 Å². The quantitative estimate of drug-likeness (QED) is 0.418. The van der Waals surface area contributed by atoms with Gasteiger partial charge < -0.3 is 16.0 Å². The predicted octanol–water partition coefficient (Wildman–Crippen LogP) is 6.36. The molecule has 0 aromatic heterocycles. The van der Waals surface area contributed by atoms with Gasteiger partial charge in [0.2, 0.25) is 0 Å². The Labute approximate surface area is 166 Å². The van der Waals surface area contributed by atoms with Crippen LogP contribution in [0, 0.1) is 0 Å². The molecule has 3 N–H and O–H groups in total. The summed E-state index contributed by atoms with van der Waals surface area (Å²) >= 11 is 0. The first-order valence-corrected chi connectivity index (χ1v) is 9.40. The Bertz CT molecular complexity index is 995. The molecule has 0 unspecified atom stereocenters. The van der Waals surface area contributed by atoms with E-state index in [0.717, 1.165) is 34.0 Å². The summed E-state index contributed by atoms with van der Waals surface area (Å²) in [7, 11) is 0. The molecule has 0 heterocycles. The zero-order chi connectivity index (χ0) is 19.2. The lowest BCUT2D eigenvalue weighted by Gasteiger charge is -2.26. The van der Waals surface area contributed by atoms with Crippen molar-refractivity contribution in [2.75, 3.05) is 10.2 Å². The fourth-order valence-corrected chi connectivity index (χ4v) is 3.19. The molecule has 4 rings (SSSR count). The second kappa shape index (κ2) is 8.42. The van der Waals surface area contributed by atoms with Gasteiger partial charge in [-0.3, -0.25) is 0 Å². The second-order valence-corrected chi connectivity index (χ2v) is 6.58. The number of anilines is 5. The Kier molecular flexibility index (Phi) is 5.36. The fraction of sp³-hybridized carbons (Fsp3) is 0.0400. The lowest BCUT2D eigenvalue weighted by atomic mass is 10.1. The summed E-state index contributed by atoms with van der Waals surface area (Å²) in [6.07, 6.45) is 0. The molecule has 138 valence electrons. The summed E-state index contributed by atoms with van der Waals surface area (Å²) in [4.78, 5) is 2.24. The zero-order valence-corrected chi connectivity index (χ0v) is 15.6. The Balaban J connectivity index is 1.66. The molecule has 4 aromatic carbocycles. The van der Waals surface area contributed by atoms with Crippen LogP contribution < -0.4 is 16.0 Å². The molecule has 0 radical (unpaired) electrons. The van der Waals surface area contributed by atoms with Crippen LogP contribution in [0.4, 0.5) is 28.4 Å². The van der Waals surface area contributed by atoms with Crippen LogP contribution in [0.3, 0.4) is 0 Å². The van der Waals surface area contributed by atoms with E-state index in [1.807, 2.05) is 24.3 Å². The van der Waals surface area contributed by atoms with Crippen molar-refractivity contribution in [2.24, 2.45) is 5.73 Å². The fourth-order valence-electron chi connectivity index (χ4n) is 3.19. The van der Waals surface area contributed by atoms with Crippen molar-refractivity contribution in [3.63, 3.8) is 0 Å². The van der Waals surface area contributed by atoms with Crippen LogP contribution in [-0.2, 0) is 6.54 Å². The van der Waals surface area contributed by atoms with Gasteiger partial charge in [0.1, 0.15) is 0 Å². The highest BCUT2D eigenvalue weighted by Gasteiger charge is 2.12. The molecule has 0 amide bonds. The maximum absolute atomic E-state index is 5.76. The minimum absolute atomic E-state index is 0.547. The van der Waals surface area contributed by atoms with Crippen LogP contribution in [0.5, 0.6) is 0 Å². The Morgan fingerprint density at radius 1 is 0.536 bits per heavy atom. The van der Waals surface area contributed by atoms with E-state index in [2.05, 4.69) is 95.1 Å². The molecule has 0 atom stereocenters. The number of para-hydroxylation sites is 2. The molecule has 4 aromatic rings. The van der Waals surface area contributed by atoms with E-state index in [-0.39, 0.29) is 0 Å². The molecule has 0 fully saturated rings. The van der Waals surface area contributed by atoms with Gasteiger partial charge in [0.25, 0.3) is 0 Å². The normalized spacial score (nSPS) is 10.5. The average Bonchev–Trinajstić information content (AvgIpc) is 2.77. The average molecular weight is 365 g/mol. The molecule has 3 nitrogen and oxygen atoms in total. The van der Waals surface area contributed by atoms with Gasteiger partial charge in [0.05, 0.1) is 0 Å².